The molecule has 1 amide bonds. The summed E-state index contributed by atoms with van der Waals surface area (Å²) in [6.45, 7) is 5.01. The number of aryl methyl sites for hydroxylation is 1. The van der Waals surface area contributed by atoms with Crippen LogP contribution in [0.25, 0.3) is 0 Å². The average Bonchev–Trinajstić information content (AvgIpc) is 2.82. The summed E-state index contributed by atoms with van der Waals surface area (Å²) in [7, 11) is 0. The zero-order valence-corrected chi connectivity index (χ0v) is 10.5. The van der Waals surface area contributed by atoms with Gasteiger partial charge < -0.3 is 9.47 Å². The topological polar surface area (TPSA) is 38.1 Å². The van der Waals surface area contributed by atoms with E-state index >= 15 is 0 Å². The molecule has 1 aliphatic rings. The van der Waals surface area contributed by atoms with Crippen LogP contribution in [0.5, 0.6) is 0 Å². The van der Waals surface area contributed by atoms with Gasteiger partial charge in [-0.15, -0.1) is 0 Å². The van der Waals surface area contributed by atoms with Crippen molar-refractivity contribution in [3.8, 4) is 0 Å². The van der Waals surface area contributed by atoms with Gasteiger partial charge in [0, 0.05) is 38.4 Å². The largest absolute Gasteiger partial charge is 0.342 e. The van der Waals surface area contributed by atoms with E-state index in [2.05, 4.69) is 11.9 Å². The van der Waals surface area contributed by atoms with Crippen LogP contribution in [0.3, 0.4) is 0 Å². The van der Waals surface area contributed by atoms with Gasteiger partial charge in [-0.3, -0.25) is 4.79 Å². The van der Waals surface area contributed by atoms with Gasteiger partial charge in [0.2, 0.25) is 5.91 Å². The van der Waals surface area contributed by atoms with Crippen molar-refractivity contribution in [3.05, 3.63) is 18.7 Å². The summed E-state index contributed by atoms with van der Waals surface area (Å²) in [6.07, 6.45) is 9.49. The second-order valence-corrected chi connectivity index (χ2v) is 4.99. The van der Waals surface area contributed by atoms with E-state index in [1.165, 1.54) is 6.42 Å². The summed E-state index contributed by atoms with van der Waals surface area (Å²) < 4.78 is 2.02. The van der Waals surface area contributed by atoms with Crippen LogP contribution in [-0.2, 0) is 11.3 Å². The molecular weight excluding hydrogens is 214 g/mol. The lowest BCUT2D eigenvalue weighted by molar-refractivity contribution is -0.133. The number of carbonyl (C=O) groups is 1. The van der Waals surface area contributed by atoms with Crippen molar-refractivity contribution in [2.45, 2.75) is 39.2 Å². The predicted octanol–water partition coefficient (Wildman–Crippen LogP) is 1.92. The molecule has 4 heteroatoms. The van der Waals surface area contributed by atoms with Crippen molar-refractivity contribution in [3.63, 3.8) is 0 Å². The Kier molecular flexibility index (Phi) is 4.18. The van der Waals surface area contributed by atoms with E-state index in [0.29, 0.717) is 18.2 Å². The van der Waals surface area contributed by atoms with Crippen LogP contribution in [0, 0.1) is 5.92 Å². The van der Waals surface area contributed by atoms with Crippen molar-refractivity contribution in [1.29, 1.82) is 0 Å². The third-order valence-electron chi connectivity index (χ3n) is 3.38. The number of likely N-dealkylation sites (tertiary alicyclic amines) is 1. The molecule has 0 saturated carbocycles. The molecule has 1 unspecified atom stereocenters. The van der Waals surface area contributed by atoms with Gasteiger partial charge in [-0.25, -0.2) is 4.98 Å². The first-order valence-electron chi connectivity index (χ1n) is 6.49. The Labute approximate surface area is 103 Å². The Hall–Kier alpha value is -1.32. The summed E-state index contributed by atoms with van der Waals surface area (Å²) in [4.78, 5) is 18.0. The highest BCUT2D eigenvalue weighted by Gasteiger charge is 2.20. The smallest absolute Gasteiger partial charge is 0.222 e. The summed E-state index contributed by atoms with van der Waals surface area (Å²) in [5, 5.41) is 0. The summed E-state index contributed by atoms with van der Waals surface area (Å²) in [5.74, 6) is 0.984. The van der Waals surface area contributed by atoms with Crippen LogP contribution in [-0.4, -0.2) is 33.4 Å². The van der Waals surface area contributed by atoms with Gasteiger partial charge in [0.1, 0.15) is 0 Å². The number of hydrogen-bond donors (Lipinski definition) is 0. The molecule has 1 atom stereocenters. The fraction of sp³-hybridized carbons (Fsp3) is 0.692. The van der Waals surface area contributed by atoms with E-state index in [0.717, 1.165) is 32.5 Å². The van der Waals surface area contributed by atoms with E-state index in [1.54, 1.807) is 12.5 Å². The number of amides is 1. The number of hydrogen-bond acceptors (Lipinski definition) is 2. The Balaban J connectivity index is 1.70. The van der Waals surface area contributed by atoms with Crippen molar-refractivity contribution >= 4 is 5.91 Å². The van der Waals surface area contributed by atoms with Crippen molar-refractivity contribution in [1.82, 2.24) is 14.5 Å². The molecule has 2 rings (SSSR count). The Morgan fingerprint density at radius 3 is 3.12 bits per heavy atom. The molecule has 0 aliphatic carbocycles. The number of carbonyl (C=O) groups excluding carboxylic acids is 1. The van der Waals surface area contributed by atoms with Crippen LogP contribution < -0.4 is 0 Å². The Bertz CT molecular complexity index is 348. The lowest BCUT2D eigenvalue weighted by Crippen LogP contribution is -2.39. The molecule has 1 fully saturated rings. The normalized spacial score (nSPS) is 20.5. The molecule has 17 heavy (non-hydrogen) atoms. The maximum absolute atomic E-state index is 12.0. The summed E-state index contributed by atoms with van der Waals surface area (Å²) >= 11 is 0. The van der Waals surface area contributed by atoms with Gasteiger partial charge >= 0.3 is 0 Å². The molecule has 1 aromatic heterocycles. The molecule has 0 spiro atoms. The second kappa shape index (κ2) is 5.84. The first-order valence-corrected chi connectivity index (χ1v) is 6.49. The lowest BCUT2D eigenvalue weighted by atomic mass is 10.00. The molecule has 0 N–H and O–H groups in total. The molecule has 1 aliphatic heterocycles. The number of aromatic nitrogens is 2. The third-order valence-corrected chi connectivity index (χ3v) is 3.38. The number of piperidine rings is 1. The summed E-state index contributed by atoms with van der Waals surface area (Å²) in [5.41, 5.74) is 0. The molecule has 1 aromatic rings. The molecule has 0 aromatic carbocycles. The fourth-order valence-electron chi connectivity index (χ4n) is 2.41. The summed E-state index contributed by atoms with van der Waals surface area (Å²) in [6, 6.07) is 0. The van der Waals surface area contributed by atoms with Crippen LogP contribution in [0.2, 0.25) is 0 Å². The van der Waals surface area contributed by atoms with Gasteiger partial charge in [0.15, 0.2) is 0 Å². The Morgan fingerprint density at radius 2 is 2.41 bits per heavy atom. The minimum atomic E-state index is 0.316. The number of rotatable bonds is 4. The minimum Gasteiger partial charge on any atom is -0.342 e. The highest BCUT2D eigenvalue weighted by molar-refractivity contribution is 5.76. The molecule has 4 nitrogen and oxygen atoms in total. The average molecular weight is 235 g/mol. The molecule has 1 saturated heterocycles. The van der Waals surface area contributed by atoms with Gasteiger partial charge in [-0.1, -0.05) is 6.92 Å². The quantitative estimate of drug-likeness (QED) is 0.799. The fourth-order valence-corrected chi connectivity index (χ4v) is 2.41. The second-order valence-electron chi connectivity index (χ2n) is 4.99. The maximum Gasteiger partial charge on any atom is 0.222 e. The predicted molar refractivity (Wildman–Crippen MR) is 66.4 cm³/mol. The van der Waals surface area contributed by atoms with E-state index in [9.17, 15) is 4.79 Å². The highest BCUT2D eigenvalue weighted by atomic mass is 16.2. The van der Waals surface area contributed by atoms with Crippen LogP contribution in [0.4, 0.5) is 0 Å². The van der Waals surface area contributed by atoms with Gasteiger partial charge in [0.05, 0.1) is 6.33 Å². The van der Waals surface area contributed by atoms with E-state index in [-0.39, 0.29) is 0 Å². The first kappa shape index (κ1) is 12.1. The van der Waals surface area contributed by atoms with Crippen molar-refractivity contribution in [2.75, 3.05) is 13.1 Å². The van der Waals surface area contributed by atoms with Crippen molar-refractivity contribution in [2.24, 2.45) is 5.92 Å². The minimum absolute atomic E-state index is 0.316. The molecule has 0 radical (unpaired) electrons. The van der Waals surface area contributed by atoms with Gasteiger partial charge in [-0.2, -0.15) is 0 Å². The Morgan fingerprint density at radius 1 is 1.53 bits per heavy atom. The first-order chi connectivity index (χ1) is 8.25. The van der Waals surface area contributed by atoms with E-state index in [4.69, 9.17) is 0 Å². The standard InChI is InChI=1S/C13H21N3O/c1-12-4-2-8-16(10-12)13(17)5-3-7-15-9-6-14-11-15/h6,9,11-12H,2-5,7-8,10H2,1H3. The van der Waals surface area contributed by atoms with Crippen LogP contribution in [0.15, 0.2) is 18.7 Å². The molecular formula is C13H21N3O. The molecule has 2 heterocycles. The zero-order chi connectivity index (χ0) is 12.1. The molecule has 0 bridgehead atoms. The zero-order valence-electron chi connectivity index (χ0n) is 10.5. The highest BCUT2D eigenvalue weighted by Crippen LogP contribution is 2.16. The third kappa shape index (κ3) is 3.58. The van der Waals surface area contributed by atoms with E-state index < -0.39 is 0 Å². The van der Waals surface area contributed by atoms with Gasteiger partial charge in [0.25, 0.3) is 0 Å². The van der Waals surface area contributed by atoms with E-state index in [1.807, 2.05) is 15.7 Å². The number of nitrogens with zero attached hydrogens (tertiary/aromatic N) is 3. The number of imidazole rings is 1. The molecule has 94 valence electrons. The monoisotopic (exact) mass is 235 g/mol. The van der Waals surface area contributed by atoms with Crippen molar-refractivity contribution < 1.29 is 4.79 Å². The lowest BCUT2D eigenvalue weighted by Gasteiger charge is -2.31. The van der Waals surface area contributed by atoms with Crippen LogP contribution >= 0.6 is 0 Å². The van der Waals surface area contributed by atoms with Crippen LogP contribution in [0.1, 0.15) is 32.6 Å². The SMILES string of the molecule is CC1CCCN(C(=O)CCCn2ccnc2)C1. The maximum atomic E-state index is 12.0. The van der Waals surface area contributed by atoms with Gasteiger partial charge in [-0.05, 0) is 25.2 Å².